The summed E-state index contributed by atoms with van der Waals surface area (Å²) in [7, 11) is 0. The molecule has 6 heteroatoms. The largest absolute Gasteiger partial charge is 2.00 e. The third-order valence-electron chi connectivity index (χ3n) is 7.50. The number of hydrogen-bond acceptors (Lipinski definition) is 0. The molecule has 0 heterocycles. The van der Waals surface area contributed by atoms with Gasteiger partial charge in [-0.05, 0) is 4.93 Å². The van der Waals surface area contributed by atoms with Crippen molar-refractivity contribution in [3.8, 4) is 0 Å². The summed E-state index contributed by atoms with van der Waals surface area (Å²) in [4.78, 5) is 1.97. The van der Waals surface area contributed by atoms with Crippen LogP contribution in [0.15, 0.2) is 0 Å². The quantitative estimate of drug-likeness (QED) is 0.0982. The first-order valence-corrected chi connectivity index (χ1v) is 19.5. The maximum absolute atomic E-state index is 2.15. The van der Waals surface area contributed by atoms with E-state index < -0.39 is 0 Å². The van der Waals surface area contributed by atoms with Crippen molar-refractivity contribution in [2.75, 3.05) is 4.93 Å². The molecule has 0 spiro atoms. The van der Waals surface area contributed by atoms with E-state index in [1.807, 2.05) is 32.6 Å². The Hall–Kier alpha value is 5.56. The Morgan fingerprint density at radius 2 is 0.204 bits per heavy atom. The van der Waals surface area contributed by atoms with Crippen LogP contribution in [-0.4, -0.2) is 4.93 Å². The molecule has 49 heavy (non-hydrogen) atoms. The van der Waals surface area contributed by atoms with Crippen molar-refractivity contribution in [1.29, 1.82) is 0 Å². The van der Waals surface area contributed by atoms with Crippen molar-refractivity contribution in [2.45, 2.75) is 220 Å². The molecule has 0 radical (unpaired) electrons. The van der Waals surface area contributed by atoms with Crippen LogP contribution >= 0.6 is 22.6 Å². The minimum atomic E-state index is 0. The molecule has 0 aromatic heterocycles. The first kappa shape index (κ1) is 105. The van der Waals surface area contributed by atoms with E-state index in [4.69, 9.17) is 0 Å². The fraction of sp³-hybridized carbons (Fsp3) is 0.814. The van der Waals surface area contributed by atoms with Gasteiger partial charge in [-0.15, -0.1) is 0 Å². The van der Waals surface area contributed by atoms with E-state index in [9.17, 15) is 0 Å². The standard InChI is InChI=1S/6C5H10.2C2H6.CH3I.8CH3.3Fe.2K/c6*1-2-4-5-3-1;3*1-2;;;;;;;;;;;;;/h6*1-5H2;2*1-2H3;1H3;8*1H3;;;;;/q;;;;;;;;;8*-1;3*+2;2*+1. The van der Waals surface area contributed by atoms with Crippen molar-refractivity contribution in [3.63, 3.8) is 0 Å². The maximum atomic E-state index is 2.15. The predicted octanol–water partition coefficient (Wildman–Crippen LogP) is 12.4. The molecule has 6 aliphatic carbocycles. The van der Waals surface area contributed by atoms with Gasteiger partial charge in [0.2, 0.25) is 0 Å². The first-order chi connectivity index (χ1) is 18.0. The predicted molar refractivity (Wildman–Crippen MR) is 232 cm³/mol. The van der Waals surface area contributed by atoms with Gasteiger partial charge in [0.25, 0.3) is 0 Å². The van der Waals surface area contributed by atoms with Crippen LogP contribution in [0.4, 0.5) is 0 Å². The van der Waals surface area contributed by atoms with Gasteiger partial charge < -0.3 is 59.4 Å². The SMILES string of the molecule is C1CCCC1.C1CCCC1.C1CCCC1.C1CCCC1.C1CCCC1.C1CCCC1.CC.CC.CI.[CH3-].[CH3-].[CH3-].[CH3-].[CH3-].[CH3-].[CH3-].[CH3-].[Fe+2].[Fe+2].[Fe+2].[K+].[K+]. The Labute approximate surface area is 453 Å². The smallest absolute Gasteiger partial charge is 0.358 e. The monoisotopic (exact) mass is 988 g/mol. The zero-order valence-electron chi connectivity index (χ0n) is 37.7. The van der Waals surface area contributed by atoms with Crippen LogP contribution in [0, 0.1) is 59.4 Å². The van der Waals surface area contributed by atoms with Gasteiger partial charge in [0.15, 0.2) is 0 Å². The third kappa shape index (κ3) is 113. The van der Waals surface area contributed by atoms with Crippen LogP contribution in [0.3, 0.4) is 0 Å². The Kier molecular flexibility index (Phi) is 251. The summed E-state index contributed by atoms with van der Waals surface area (Å²) in [6.45, 7) is 8.00. The molecule has 304 valence electrons. The van der Waals surface area contributed by atoms with E-state index in [2.05, 4.69) is 22.6 Å². The van der Waals surface area contributed by atoms with E-state index in [0.29, 0.717) is 0 Å². The number of alkyl halides is 1. The van der Waals surface area contributed by atoms with E-state index in [-0.39, 0.29) is 213 Å². The van der Waals surface area contributed by atoms with Crippen molar-refractivity contribution in [1.82, 2.24) is 0 Å². The summed E-state index contributed by atoms with van der Waals surface area (Å²) in [6.07, 6.45) is 45.0. The van der Waals surface area contributed by atoms with Gasteiger partial charge >= 0.3 is 154 Å². The number of rotatable bonds is 0. The molecule has 0 bridgehead atoms. The molecule has 6 saturated carbocycles. The molecule has 0 N–H and O–H groups in total. The normalized spacial score (nSPS) is 15.1. The molecule has 6 fully saturated rings. The summed E-state index contributed by atoms with van der Waals surface area (Å²) in [5.41, 5.74) is 0. The fourth-order valence-corrected chi connectivity index (χ4v) is 5.30. The fourth-order valence-electron chi connectivity index (χ4n) is 5.30. The molecule has 0 aliphatic heterocycles. The minimum Gasteiger partial charge on any atom is -0.358 e. The van der Waals surface area contributed by atoms with Crippen LogP contribution in [0.2, 0.25) is 0 Å². The van der Waals surface area contributed by atoms with Crippen molar-refractivity contribution in [3.05, 3.63) is 59.4 Å². The van der Waals surface area contributed by atoms with Gasteiger partial charge in [0.1, 0.15) is 0 Å². The van der Waals surface area contributed by atoms with Crippen LogP contribution in [0.25, 0.3) is 0 Å². The van der Waals surface area contributed by atoms with Crippen LogP contribution < -0.4 is 103 Å². The number of hydrogen-bond donors (Lipinski definition) is 0. The second kappa shape index (κ2) is 117. The van der Waals surface area contributed by atoms with Crippen LogP contribution in [0.5, 0.6) is 0 Å². The Morgan fingerprint density at radius 1 is 0.184 bits per heavy atom. The maximum Gasteiger partial charge on any atom is 2.00 e. The molecule has 0 unspecified atom stereocenters. The van der Waals surface area contributed by atoms with E-state index in [1.165, 1.54) is 193 Å². The molecular formula is C43H99Fe3IK2. The average molecular weight is 989 g/mol. The summed E-state index contributed by atoms with van der Waals surface area (Å²) < 4.78 is 0. The molecule has 0 nitrogen and oxygen atoms in total. The third-order valence-corrected chi connectivity index (χ3v) is 7.50. The van der Waals surface area contributed by atoms with Crippen molar-refractivity contribution < 1.29 is 154 Å². The average Bonchev–Trinajstić information content (AvgIpc) is 3.85. The topological polar surface area (TPSA) is 0 Å². The first-order valence-electron chi connectivity index (χ1n) is 17.4. The summed E-state index contributed by atoms with van der Waals surface area (Å²) in [5, 5.41) is 0. The molecule has 0 atom stereocenters. The zero-order chi connectivity index (χ0) is 27.2. The number of halogens is 1. The van der Waals surface area contributed by atoms with Crippen LogP contribution in [-0.2, 0) is 51.2 Å². The minimum absolute atomic E-state index is 0. The Morgan fingerprint density at radius 3 is 0.224 bits per heavy atom. The van der Waals surface area contributed by atoms with Gasteiger partial charge in [0, 0.05) is 0 Å². The van der Waals surface area contributed by atoms with E-state index in [1.54, 1.807) is 0 Å². The molecule has 0 saturated heterocycles. The molecule has 0 aromatic rings. The molecular weight excluding hydrogens is 889 g/mol. The van der Waals surface area contributed by atoms with Gasteiger partial charge in [-0.1, -0.05) is 243 Å². The van der Waals surface area contributed by atoms with Gasteiger partial charge in [-0.3, -0.25) is 0 Å². The van der Waals surface area contributed by atoms with Gasteiger partial charge in [-0.25, -0.2) is 0 Å². The zero-order valence-corrected chi connectivity index (χ0v) is 49.4. The molecule has 0 aromatic carbocycles. The van der Waals surface area contributed by atoms with Crippen molar-refractivity contribution >= 4 is 22.6 Å². The Bertz CT molecular complexity index is 182. The van der Waals surface area contributed by atoms with Gasteiger partial charge in [0.05, 0.1) is 0 Å². The van der Waals surface area contributed by atoms with Gasteiger partial charge in [-0.2, -0.15) is 0 Å². The van der Waals surface area contributed by atoms with Crippen molar-refractivity contribution in [2.24, 2.45) is 0 Å². The molecule has 6 rings (SSSR count). The van der Waals surface area contributed by atoms with E-state index >= 15 is 0 Å². The molecule has 6 aliphatic rings. The summed E-state index contributed by atoms with van der Waals surface area (Å²) in [6, 6.07) is 0. The second-order valence-corrected chi connectivity index (χ2v) is 10.6. The van der Waals surface area contributed by atoms with E-state index in [0.717, 1.165) is 0 Å². The van der Waals surface area contributed by atoms with Crippen LogP contribution in [0.1, 0.15) is 220 Å². The molecule has 0 amide bonds. The second-order valence-electron chi connectivity index (χ2n) is 10.6. The summed E-state index contributed by atoms with van der Waals surface area (Å²) in [5.74, 6) is 0. The Balaban J connectivity index is -0.0000000176. The summed E-state index contributed by atoms with van der Waals surface area (Å²) >= 11 is 2.15.